The van der Waals surface area contributed by atoms with Crippen LogP contribution in [0.5, 0.6) is 0 Å². The number of methoxy groups -OCH3 is 1. The second-order valence-corrected chi connectivity index (χ2v) is 6.06. The number of carbonyl (C=O) groups excluding carboxylic acids is 2. The van der Waals surface area contributed by atoms with Crippen LogP contribution in [0.1, 0.15) is 20.7 Å². The Labute approximate surface area is 160 Å². The number of aromatic amines is 1. The Bertz CT molecular complexity index is 1150. The molecule has 0 spiro atoms. The number of aromatic nitrogens is 3. The first-order valence-electron chi connectivity index (χ1n) is 8.55. The smallest absolute Gasteiger partial charge is 0.337 e. The zero-order valence-electron chi connectivity index (χ0n) is 15.0. The topological polar surface area (TPSA) is 97.0 Å². The number of H-pyrrole nitrogens is 1. The molecule has 4 rings (SSSR count). The zero-order valence-corrected chi connectivity index (χ0v) is 15.0. The third-order valence-corrected chi connectivity index (χ3v) is 4.23. The summed E-state index contributed by atoms with van der Waals surface area (Å²) in [5.41, 5.74) is 3.26. The fourth-order valence-corrected chi connectivity index (χ4v) is 2.79. The summed E-state index contributed by atoms with van der Waals surface area (Å²) < 4.78 is 4.70. The van der Waals surface area contributed by atoms with Crippen LogP contribution in [0.4, 0.5) is 5.82 Å². The summed E-state index contributed by atoms with van der Waals surface area (Å²) >= 11 is 0. The lowest BCUT2D eigenvalue weighted by Crippen LogP contribution is -2.12. The van der Waals surface area contributed by atoms with Crippen molar-refractivity contribution < 1.29 is 14.3 Å². The van der Waals surface area contributed by atoms with Crippen molar-refractivity contribution in [1.82, 2.24) is 15.0 Å². The number of hydrogen-bond donors (Lipinski definition) is 2. The molecule has 28 heavy (non-hydrogen) atoms. The monoisotopic (exact) mass is 372 g/mol. The number of nitrogens with zero attached hydrogens (tertiary/aromatic N) is 2. The van der Waals surface area contributed by atoms with Gasteiger partial charge >= 0.3 is 5.97 Å². The minimum absolute atomic E-state index is 0.251. The molecule has 0 saturated carbocycles. The average Bonchev–Trinajstić information content (AvgIpc) is 3.17. The zero-order chi connectivity index (χ0) is 19.5. The highest BCUT2D eigenvalue weighted by Gasteiger charge is 2.11. The van der Waals surface area contributed by atoms with Crippen molar-refractivity contribution in [3.63, 3.8) is 0 Å². The third kappa shape index (κ3) is 3.45. The molecule has 7 heteroatoms. The van der Waals surface area contributed by atoms with Crippen LogP contribution >= 0.6 is 0 Å². The second kappa shape index (κ2) is 7.32. The molecular formula is C21H16N4O3. The number of esters is 1. The van der Waals surface area contributed by atoms with Crippen molar-refractivity contribution in [3.05, 3.63) is 78.0 Å². The Morgan fingerprint density at radius 1 is 1.00 bits per heavy atom. The molecule has 7 nitrogen and oxygen atoms in total. The van der Waals surface area contributed by atoms with Gasteiger partial charge in [0.1, 0.15) is 11.6 Å². The molecule has 0 aliphatic heterocycles. The van der Waals surface area contributed by atoms with Gasteiger partial charge in [0.15, 0.2) is 0 Å². The molecule has 1 amide bonds. The standard InChI is InChI=1S/C21H16N4O3/c1-28-21(27)14-7-5-13(6-8-14)19-23-16-10-9-15(12-17(16)24-19)20(26)25-18-4-2-3-11-22-18/h2-12H,1H3,(H,23,24)(H,22,25,26). The van der Waals surface area contributed by atoms with Gasteiger partial charge in [-0.3, -0.25) is 4.79 Å². The highest BCUT2D eigenvalue weighted by atomic mass is 16.5. The highest BCUT2D eigenvalue weighted by molar-refractivity contribution is 6.05. The van der Waals surface area contributed by atoms with Gasteiger partial charge in [0, 0.05) is 17.3 Å². The third-order valence-electron chi connectivity index (χ3n) is 4.23. The molecular weight excluding hydrogens is 356 g/mol. The molecule has 0 saturated heterocycles. The van der Waals surface area contributed by atoms with Crippen molar-refractivity contribution in [2.24, 2.45) is 0 Å². The summed E-state index contributed by atoms with van der Waals surface area (Å²) in [6, 6.07) is 17.5. The summed E-state index contributed by atoms with van der Waals surface area (Å²) in [7, 11) is 1.34. The van der Waals surface area contributed by atoms with Crippen molar-refractivity contribution in [2.75, 3.05) is 12.4 Å². The Morgan fingerprint density at radius 2 is 1.79 bits per heavy atom. The molecule has 0 aliphatic carbocycles. The van der Waals surface area contributed by atoms with Crippen molar-refractivity contribution in [1.29, 1.82) is 0 Å². The van der Waals surface area contributed by atoms with E-state index in [1.54, 1.807) is 66.9 Å². The fourth-order valence-electron chi connectivity index (χ4n) is 2.79. The first-order chi connectivity index (χ1) is 13.6. The molecule has 2 aromatic heterocycles. The predicted molar refractivity (Wildman–Crippen MR) is 105 cm³/mol. The number of fused-ring (bicyclic) bond motifs is 1. The Balaban J connectivity index is 1.59. The van der Waals surface area contributed by atoms with E-state index < -0.39 is 0 Å². The van der Waals surface area contributed by atoms with E-state index in [4.69, 9.17) is 4.74 Å². The van der Waals surface area contributed by atoms with Crippen LogP contribution in [0.2, 0.25) is 0 Å². The van der Waals surface area contributed by atoms with E-state index in [1.165, 1.54) is 7.11 Å². The van der Waals surface area contributed by atoms with Crippen LogP contribution in [-0.2, 0) is 4.74 Å². The molecule has 0 fully saturated rings. The van der Waals surface area contributed by atoms with Crippen LogP contribution in [0.25, 0.3) is 22.4 Å². The van der Waals surface area contributed by atoms with Gasteiger partial charge in [0.05, 0.1) is 23.7 Å². The van der Waals surface area contributed by atoms with E-state index in [0.29, 0.717) is 22.8 Å². The first kappa shape index (κ1) is 17.4. The largest absolute Gasteiger partial charge is 0.465 e. The van der Waals surface area contributed by atoms with E-state index >= 15 is 0 Å². The summed E-state index contributed by atoms with van der Waals surface area (Å²) in [5.74, 6) is 0.496. The second-order valence-electron chi connectivity index (χ2n) is 6.06. The molecule has 0 bridgehead atoms. The van der Waals surface area contributed by atoms with Crippen LogP contribution in [0, 0.1) is 0 Å². The number of ether oxygens (including phenoxy) is 1. The Morgan fingerprint density at radius 3 is 2.50 bits per heavy atom. The van der Waals surface area contributed by atoms with Gasteiger partial charge in [-0.25, -0.2) is 14.8 Å². The fraction of sp³-hybridized carbons (Fsp3) is 0.0476. The van der Waals surface area contributed by atoms with Gasteiger partial charge in [0.25, 0.3) is 5.91 Å². The highest BCUT2D eigenvalue weighted by Crippen LogP contribution is 2.22. The summed E-state index contributed by atoms with van der Waals surface area (Å²) in [6.45, 7) is 0. The van der Waals surface area contributed by atoms with Gasteiger partial charge < -0.3 is 15.0 Å². The summed E-state index contributed by atoms with van der Waals surface area (Å²) in [4.78, 5) is 35.8. The van der Waals surface area contributed by atoms with E-state index in [2.05, 4.69) is 20.3 Å². The number of benzene rings is 2. The number of imidazole rings is 1. The maximum Gasteiger partial charge on any atom is 0.337 e. The molecule has 0 aliphatic rings. The minimum Gasteiger partial charge on any atom is -0.465 e. The SMILES string of the molecule is COC(=O)c1ccc(-c2nc3ccc(C(=O)Nc4ccccn4)cc3[nH]2)cc1. The molecule has 138 valence electrons. The Kier molecular flexibility index (Phi) is 4.55. The van der Waals surface area contributed by atoms with E-state index in [9.17, 15) is 9.59 Å². The average molecular weight is 372 g/mol. The molecule has 0 radical (unpaired) electrons. The number of hydrogen-bond acceptors (Lipinski definition) is 5. The lowest BCUT2D eigenvalue weighted by molar-refractivity contribution is 0.0600. The number of anilines is 1. The molecule has 0 unspecified atom stereocenters. The van der Waals surface area contributed by atoms with E-state index in [1.807, 2.05) is 0 Å². The first-order valence-corrected chi connectivity index (χ1v) is 8.55. The lowest BCUT2D eigenvalue weighted by Gasteiger charge is -2.03. The van der Waals surface area contributed by atoms with Crippen molar-refractivity contribution in [2.45, 2.75) is 0 Å². The number of carbonyl (C=O) groups is 2. The van der Waals surface area contributed by atoms with Crippen LogP contribution in [-0.4, -0.2) is 33.9 Å². The van der Waals surface area contributed by atoms with Gasteiger partial charge in [0.2, 0.25) is 0 Å². The molecule has 2 N–H and O–H groups in total. The van der Waals surface area contributed by atoms with Gasteiger partial charge in [-0.15, -0.1) is 0 Å². The normalized spacial score (nSPS) is 10.6. The maximum atomic E-state index is 12.4. The Hall–Kier alpha value is -4.00. The van der Waals surface area contributed by atoms with Gasteiger partial charge in [-0.2, -0.15) is 0 Å². The molecule has 4 aromatic rings. The van der Waals surface area contributed by atoms with E-state index in [-0.39, 0.29) is 11.9 Å². The number of nitrogens with one attached hydrogen (secondary N) is 2. The van der Waals surface area contributed by atoms with Crippen LogP contribution < -0.4 is 5.32 Å². The lowest BCUT2D eigenvalue weighted by atomic mass is 10.1. The number of amides is 1. The number of rotatable bonds is 4. The summed E-state index contributed by atoms with van der Waals surface area (Å²) in [5, 5.41) is 2.76. The minimum atomic E-state index is -0.389. The van der Waals surface area contributed by atoms with Crippen molar-refractivity contribution in [3.8, 4) is 11.4 Å². The summed E-state index contributed by atoms with van der Waals surface area (Å²) in [6.07, 6.45) is 1.62. The van der Waals surface area contributed by atoms with Gasteiger partial charge in [-0.1, -0.05) is 18.2 Å². The van der Waals surface area contributed by atoms with Gasteiger partial charge in [-0.05, 0) is 42.5 Å². The van der Waals surface area contributed by atoms with E-state index in [0.717, 1.165) is 16.6 Å². The quantitative estimate of drug-likeness (QED) is 0.533. The van der Waals surface area contributed by atoms with Crippen LogP contribution in [0.15, 0.2) is 66.9 Å². The molecule has 2 aromatic carbocycles. The molecule has 0 atom stereocenters. The maximum absolute atomic E-state index is 12.4. The van der Waals surface area contributed by atoms with Crippen LogP contribution in [0.3, 0.4) is 0 Å². The number of pyridine rings is 1. The van der Waals surface area contributed by atoms with Crippen molar-refractivity contribution >= 4 is 28.7 Å². The molecule has 2 heterocycles. The predicted octanol–water partition coefficient (Wildman–Crippen LogP) is 3.66.